The number of hydrogen-bond donors (Lipinski definition) is 0. The van der Waals surface area contributed by atoms with Gasteiger partial charge in [-0.2, -0.15) is 0 Å². The van der Waals surface area contributed by atoms with Crippen LogP contribution >= 0.6 is 0 Å². The van der Waals surface area contributed by atoms with Crippen LogP contribution < -0.4 is 0 Å². The average molecular weight is 212 g/mol. The Hall–Kier alpha value is 0.535. The van der Waals surface area contributed by atoms with Gasteiger partial charge in [-0.15, -0.1) is 0 Å². The molecule has 0 unspecified atom stereocenters. The van der Waals surface area contributed by atoms with Crippen molar-refractivity contribution in [2.75, 3.05) is 0 Å². The molecule has 0 aromatic heterocycles. The van der Waals surface area contributed by atoms with Gasteiger partial charge in [0.05, 0.1) is 0 Å². The van der Waals surface area contributed by atoms with Crippen molar-refractivity contribution in [2.45, 2.75) is 19.6 Å². The van der Waals surface area contributed by atoms with Gasteiger partial charge in [0.25, 0.3) is 0 Å². The molecule has 0 fully saturated rings. The van der Waals surface area contributed by atoms with Gasteiger partial charge in [-0.1, -0.05) is 0 Å². The monoisotopic (exact) mass is 214 g/mol. The van der Waals surface area contributed by atoms with Gasteiger partial charge in [0.2, 0.25) is 0 Å². The summed E-state index contributed by atoms with van der Waals surface area (Å²) in [4.78, 5) is 0. The van der Waals surface area contributed by atoms with Gasteiger partial charge >= 0.3 is 58.5 Å². The van der Waals surface area contributed by atoms with Crippen LogP contribution in [-0.4, -0.2) is 12.1 Å². The zero-order chi connectivity index (χ0) is 6.62. The molecule has 0 saturated heterocycles. The van der Waals surface area contributed by atoms with Crippen molar-refractivity contribution >= 4 is 12.1 Å². The molecule has 0 atom stereocenters. The topological polar surface area (TPSA) is 35.4 Å². The first kappa shape index (κ1) is 8.54. The van der Waals surface area contributed by atoms with Crippen LogP contribution in [0.15, 0.2) is 3.66 Å². The van der Waals surface area contributed by atoms with E-state index >= 15 is 0 Å². The van der Waals surface area contributed by atoms with Crippen molar-refractivity contribution in [3.63, 3.8) is 0 Å². The molecule has 4 heteroatoms. The van der Waals surface area contributed by atoms with E-state index in [0.717, 1.165) is 0 Å². The summed E-state index contributed by atoms with van der Waals surface area (Å²) in [7, 11) is -1.04. The molecule has 0 radical (unpaired) electrons. The summed E-state index contributed by atoms with van der Waals surface area (Å²) in [5.41, 5.74) is 0. The Balaban J connectivity index is 3.89. The van der Waals surface area contributed by atoms with E-state index in [2.05, 4.69) is 27.3 Å². The SMILES string of the molecule is C[Si](C)(C)[CH]=[Mo+2]=[N][O-]. The second-order valence-corrected chi connectivity index (χ2v) is 10.3. The molecule has 0 bridgehead atoms. The Kier molecular flexibility index (Phi) is 3.78. The van der Waals surface area contributed by atoms with Gasteiger partial charge in [0.15, 0.2) is 0 Å². The molecule has 0 saturated carbocycles. The molecule has 46 valence electrons. The van der Waals surface area contributed by atoms with Crippen LogP contribution in [0.3, 0.4) is 0 Å². The molecule has 0 aliphatic carbocycles. The van der Waals surface area contributed by atoms with Crippen molar-refractivity contribution in [1.82, 2.24) is 0 Å². The van der Waals surface area contributed by atoms with Crippen molar-refractivity contribution in [2.24, 2.45) is 3.66 Å². The first-order chi connectivity index (χ1) is 3.56. The minimum absolute atomic E-state index is 0.608. The van der Waals surface area contributed by atoms with Gasteiger partial charge in [-0.25, -0.2) is 0 Å². The Labute approximate surface area is 58.8 Å². The van der Waals surface area contributed by atoms with Gasteiger partial charge in [-0.3, -0.25) is 0 Å². The normalized spacial score (nSPS) is 10.0. The van der Waals surface area contributed by atoms with Gasteiger partial charge < -0.3 is 0 Å². The molecule has 0 aliphatic heterocycles. The number of hydrogen-bond acceptors (Lipinski definition) is 2. The van der Waals surface area contributed by atoms with E-state index in [4.69, 9.17) is 0 Å². The van der Waals surface area contributed by atoms with Crippen LogP contribution in [0, 0.1) is 5.21 Å². The summed E-state index contributed by atoms with van der Waals surface area (Å²) in [5.74, 6) is 0. The average Bonchev–Trinajstić information content (AvgIpc) is 1.59. The summed E-state index contributed by atoms with van der Waals surface area (Å²) in [6.45, 7) is 6.63. The van der Waals surface area contributed by atoms with Crippen LogP contribution in [0.4, 0.5) is 0 Å². The molecule has 0 aromatic carbocycles. The summed E-state index contributed by atoms with van der Waals surface area (Å²) in [6, 6.07) is 0. The predicted octanol–water partition coefficient (Wildman–Crippen LogP) is 1.43. The van der Waals surface area contributed by atoms with E-state index in [1.165, 1.54) is 0 Å². The van der Waals surface area contributed by atoms with Crippen LogP contribution in [0.5, 0.6) is 0 Å². The van der Waals surface area contributed by atoms with Crippen molar-refractivity contribution < 1.29 is 17.9 Å². The second-order valence-electron chi connectivity index (χ2n) is 2.66. The van der Waals surface area contributed by atoms with Crippen LogP contribution in [0.25, 0.3) is 0 Å². The molecule has 0 N–H and O–H groups in total. The van der Waals surface area contributed by atoms with E-state index in [1.807, 2.05) is 0 Å². The molecule has 0 heterocycles. The number of nitrogens with zero attached hydrogens (tertiary/aromatic N) is 1. The van der Waals surface area contributed by atoms with Crippen molar-refractivity contribution in [3.8, 4) is 0 Å². The molecular weight excluding hydrogens is 202 g/mol. The second kappa shape index (κ2) is 3.54. The van der Waals surface area contributed by atoms with Crippen LogP contribution in [0.1, 0.15) is 0 Å². The van der Waals surface area contributed by atoms with Crippen molar-refractivity contribution in [3.05, 3.63) is 5.21 Å². The van der Waals surface area contributed by atoms with Gasteiger partial charge in [-0.05, 0) is 0 Å². The van der Waals surface area contributed by atoms with Crippen LogP contribution in [-0.2, 0) is 17.9 Å². The standard InChI is InChI=1S/C4H10Si.Mo.NO/c1-5(2,3)4;;1-2/h1H,2-4H3;;/q;+2;-1. The molecule has 0 rings (SSSR count). The van der Waals surface area contributed by atoms with Gasteiger partial charge in [0, 0.05) is 0 Å². The fraction of sp³-hybridized carbons (Fsp3) is 0.750. The quantitative estimate of drug-likeness (QED) is 0.478. The molecular formula is C4H10MoNOSi+. The molecule has 0 aliphatic rings. The maximum atomic E-state index is 9.65. The molecule has 0 spiro atoms. The van der Waals surface area contributed by atoms with E-state index in [-0.39, 0.29) is 0 Å². The third kappa shape index (κ3) is 6.54. The van der Waals surface area contributed by atoms with E-state index in [1.54, 1.807) is 0 Å². The fourth-order valence-corrected chi connectivity index (χ4v) is 3.19. The molecule has 0 amide bonds. The molecule has 8 heavy (non-hydrogen) atoms. The van der Waals surface area contributed by atoms with E-state index in [0.29, 0.717) is 0 Å². The zero-order valence-corrected chi connectivity index (χ0v) is 8.35. The first-order valence-electron chi connectivity index (χ1n) is 2.39. The molecule has 0 aromatic rings. The Morgan fingerprint density at radius 1 is 1.50 bits per heavy atom. The summed E-state index contributed by atoms with van der Waals surface area (Å²) in [6.07, 6.45) is 0. The Morgan fingerprint density at radius 2 is 2.00 bits per heavy atom. The summed E-state index contributed by atoms with van der Waals surface area (Å²) < 4.78 is 5.04. The summed E-state index contributed by atoms with van der Waals surface area (Å²) in [5, 5.41) is 9.65. The third-order valence-electron chi connectivity index (χ3n) is 0.449. The zero-order valence-electron chi connectivity index (χ0n) is 5.34. The predicted molar refractivity (Wildman–Crippen MR) is 35.2 cm³/mol. The Morgan fingerprint density at radius 3 is 2.12 bits per heavy atom. The number of rotatable bonds is 1. The van der Waals surface area contributed by atoms with E-state index < -0.39 is 26.0 Å². The maximum absolute atomic E-state index is 9.65. The first-order valence-corrected chi connectivity index (χ1v) is 8.02. The van der Waals surface area contributed by atoms with Gasteiger partial charge in [0.1, 0.15) is 0 Å². The summed E-state index contributed by atoms with van der Waals surface area (Å²) >= 11 is -0.608. The fourth-order valence-electron chi connectivity index (χ4n) is 0.180. The van der Waals surface area contributed by atoms with Crippen molar-refractivity contribution in [1.29, 1.82) is 0 Å². The Bertz CT molecular complexity index is 122. The molecule has 2 nitrogen and oxygen atoms in total. The van der Waals surface area contributed by atoms with E-state index in [9.17, 15) is 5.21 Å². The third-order valence-corrected chi connectivity index (χ3v) is 7.46. The van der Waals surface area contributed by atoms with Crippen LogP contribution in [0.2, 0.25) is 19.6 Å². The minimum atomic E-state index is -1.04.